The Balaban J connectivity index is 1.83. The Hall–Kier alpha value is -3.28. The first-order chi connectivity index (χ1) is 13.6. The molecule has 1 amide bonds. The van der Waals surface area contributed by atoms with Gasteiger partial charge in [-0.3, -0.25) is 9.78 Å². The van der Waals surface area contributed by atoms with Crippen LogP contribution >= 0.6 is 0 Å². The van der Waals surface area contributed by atoms with Crippen molar-refractivity contribution in [2.45, 2.75) is 11.1 Å². The minimum atomic E-state index is -4.77. The van der Waals surface area contributed by atoms with Crippen LogP contribution in [0.1, 0.15) is 16.2 Å². The van der Waals surface area contributed by atoms with Gasteiger partial charge in [0.1, 0.15) is 11.4 Å². The molecule has 152 valence electrons. The topological polar surface area (TPSA) is 108 Å². The third kappa shape index (κ3) is 4.59. The van der Waals surface area contributed by atoms with E-state index in [9.17, 15) is 22.2 Å². The molecule has 0 radical (unpaired) electrons. The number of amides is 1. The summed E-state index contributed by atoms with van der Waals surface area (Å²) in [4.78, 5) is 19.7. The van der Waals surface area contributed by atoms with Crippen LogP contribution in [0.4, 0.5) is 13.2 Å². The molecule has 12 heteroatoms. The first-order valence-corrected chi connectivity index (χ1v) is 9.80. The Bertz CT molecular complexity index is 1150. The van der Waals surface area contributed by atoms with E-state index in [1.54, 1.807) is 12.1 Å². The van der Waals surface area contributed by atoms with Crippen LogP contribution in [0.3, 0.4) is 0 Å². The summed E-state index contributed by atoms with van der Waals surface area (Å²) in [7, 11) is -1.54. The molecule has 0 saturated carbocycles. The SMILES string of the molecule is COc1ccc(S(C)(=O)=NC(=O)c2ccc(-c3noc(C(F)(F)F)n3)nc2)cc1. The molecule has 29 heavy (non-hydrogen) atoms. The first kappa shape index (κ1) is 20.5. The zero-order valence-corrected chi connectivity index (χ0v) is 15.8. The van der Waals surface area contributed by atoms with E-state index in [2.05, 4.69) is 24.0 Å². The van der Waals surface area contributed by atoms with Crippen molar-refractivity contribution < 1.29 is 31.4 Å². The Morgan fingerprint density at radius 3 is 2.38 bits per heavy atom. The summed E-state index contributed by atoms with van der Waals surface area (Å²) < 4.78 is 63.2. The van der Waals surface area contributed by atoms with Crippen LogP contribution in [-0.2, 0) is 15.9 Å². The van der Waals surface area contributed by atoms with Crippen LogP contribution in [-0.4, -0.2) is 38.6 Å². The van der Waals surface area contributed by atoms with Gasteiger partial charge in [-0.25, -0.2) is 4.21 Å². The summed E-state index contributed by atoms with van der Waals surface area (Å²) in [6.07, 6.45) is -2.39. The van der Waals surface area contributed by atoms with Crippen molar-refractivity contribution in [2.24, 2.45) is 4.36 Å². The van der Waals surface area contributed by atoms with Crippen molar-refractivity contribution in [3.05, 3.63) is 54.0 Å². The van der Waals surface area contributed by atoms with E-state index in [0.717, 1.165) is 6.20 Å². The Kier molecular flexibility index (Phi) is 5.38. The third-order valence-corrected chi connectivity index (χ3v) is 5.32. The third-order valence-electron chi connectivity index (χ3n) is 3.66. The second kappa shape index (κ2) is 7.62. The van der Waals surface area contributed by atoms with Gasteiger partial charge >= 0.3 is 12.1 Å². The number of ether oxygens (including phenoxy) is 1. The lowest BCUT2D eigenvalue weighted by atomic mass is 10.2. The Morgan fingerprint density at radius 1 is 1.17 bits per heavy atom. The molecule has 0 fully saturated rings. The zero-order chi connectivity index (χ0) is 21.2. The standard InChI is InChI=1S/C17H13F3N4O4S/c1-27-11-4-6-12(7-5-11)29(2,26)24-15(25)10-3-8-13(21-9-10)14-22-16(28-23-14)17(18,19)20/h3-9H,1-2H3. The molecule has 3 aromatic rings. The van der Waals surface area contributed by atoms with Gasteiger partial charge in [-0.05, 0) is 36.4 Å². The van der Waals surface area contributed by atoms with Crippen LogP contribution in [0, 0.1) is 0 Å². The summed E-state index contributed by atoms with van der Waals surface area (Å²) >= 11 is 0. The number of pyridine rings is 1. The number of halogens is 3. The minimum Gasteiger partial charge on any atom is -0.497 e. The van der Waals surface area contributed by atoms with Gasteiger partial charge < -0.3 is 9.26 Å². The molecule has 8 nitrogen and oxygen atoms in total. The van der Waals surface area contributed by atoms with E-state index in [4.69, 9.17) is 4.74 Å². The lowest BCUT2D eigenvalue weighted by Crippen LogP contribution is -2.05. The number of carbonyl (C=O) groups excluding carboxylic acids is 1. The van der Waals surface area contributed by atoms with Crippen molar-refractivity contribution in [3.63, 3.8) is 0 Å². The lowest BCUT2D eigenvalue weighted by Gasteiger charge is -2.05. The van der Waals surface area contributed by atoms with Gasteiger partial charge in [-0.15, -0.1) is 0 Å². The highest BCUT2D eigenvalue weighted by molar-refractivity contribution is 7.93. The van der Waals surface area contributed by atoms with Gasteiger partial charge in [0.2, 0.25) is 5.82 Å². The monoisotopic (exact) mass is 426 g/mol. The summed E-state index contributed by atoms with van der Waals surface area (Å²) in [5, 5.41) is 3.21. The number of rotatable bonds is 4. The first-order valence-electron chi connectivity index (χ1n) is 7.88. The second-order valence-electron chi connectivity index (χ2n) is 5.73. The molecule has 3 rings (SSSR count). The molecule has 0 spiro atoms. The normalized spacial score (nSPS) is 13.6. The molecule has 0 N–H and O–H groups in total. The van der Waals surface area contributed by atoms with Gasteiger partial charge in [-0.2, -0.15) is 22.5 Å². The quantitative estimate of drug-likeness (QED) is 0.629. The van der Waals surface area contributed by atoms with Gasteiger partial charge in [0.05, 0.1) is 22.4 Å². The molecule has 1 aromatic carbocycles. The molecule has 1 unspecified atom stereocenters. The van der Waals surface area contributed by atoms with E-state index in [-0.39, 0.29) is 17.1 Å². The fourth-order valence-electron chi connectivity index (χ4n) is 2.19. The smallest absolute Gasteiger partial charge is 0.471 e. The average molecular weight is 426 g/mol. The van der Waals surface area contributed by atoms with E-state index >= 15 is 0 Å². The second-order valence-corrected chi connectivity index (χ2v) is 7.99. The van der Waals surface area contributed by atoms with Gasteiger partial charge in [0.25, 0.3) is 5.91 Å². The summed E-state index contributed by atoms with van der Waals surface area (Å²) in [5.74, 6) is -2.12. The number of benzene rings is 1. The average Bonchev–Trinajstić information content (AvgIpc) is 3.18. The Labute approximate surface area is 162 Å². The molecule has 0 aliphatic rings. The largest absolute Gasteiger partial charge is 0.497 e. The number of aromatic nitrogens is 3. The van der Waals surface area contributed by atoms with Crippen LogP contribution in [0.5, 0.6) is 5.75 Å². The predicted octanol–water partition coefficient (Wildman–Crippen LogP) is 3.46. The molecule has 1 atom stereocenters. The predicted molar refractivity (Wildman–Crippen MR) is 94.6 cm³/mol. The molecule has 2 aromatic heterocycles. The Morgan fingerprint density at radius 2 is 1.86 bits per heavy atom. The number of hydrogen-bond donors (Lipinski definition) is 0. The zero-order valence-electron chi connectivity index (χ0n) is 15.0. The summed E-state index contributed by atoms with van der Waals surface area (Å²) in [6, 6.07) is 8.76. The van der Waals surface area contributed by atoms with Gasteiger partial charge in [0.15, 0.2) is 0 Å². The van der Waals surface area contributed by atoms with Crippen molar-refractivity contribution in [3.8, 4) is 17.3 Å². The van der Waals surface area contributed by atoms with Crippen molar-refractivity contribution in [1.29, 1.82) is 0 Å². The van der Waals surface area contributed by atoms with E-state index in [1.165, 1.54) is 37.6 Å². The van der Waals surface area contributed by atoms with Crippen LogP contribution in [0.25, 0.3) is 11.5 Å². The maximum Gasteiger partial charge on any atom is 0.471 e. The van der Waals surface area contributed by atoms with Crippen molar-refractivity contribution >= 4 is 15.6 Å². The summed E-state index contributed by atoms with van der Waals surface area (Å²) in [5.41, 5.74) is -0.0374. The molecule has 2 heterocycles. The highest BCUT2D eigenvalue weighted by Crippen LogP contribution is 2.29. The van der Waals surface area contributed by atoms with E-state index in [1.807, 2.05) is 0 Å². The lowest BCUT2D eigenvalue weighted by molar-refractivity contribution is -0.159. The van der Waals surface area contributed by atoms with E-state index in [0.29, 0.717) is 10.6 Å². The molecule has 0 bridgehead atoms. The van der Waals surface area contributed by atoms with Crippen molar-refractivity contribution in [2.75, 3.05) is 13.4 Å². The van der Waals surface area contributed by atoms with E-state index < -0.39 is 27.7 Å². The van der Waals surface area contributed by atoms with Crippen LogP contribution < -0.4 is 4.74 Å². The van der Waals surface area contributed by atoms with Crippen LogP contribution in [0.15, 0.2) is 56.4 Å². The highest BCUT2D eigenvalue weighted by atomic mass is 32.2. The van der Waals surface area contributed by atoms with Crippen molar-refractivity contribution in [1.82, 2.24) is 15.1 Å². The van der Waals surface area contributed by atoms with Gasteiger partial charge in [0, 0.05) is 17.3 Å². The number of nitrogens with zero attached hydrogens (tertiary/aromatic N) is 4. The number of methoxy groups -OCH3 is 1. The number of alkyl halides is 3. The molecular weight excluding hydrogens is 413 g/mol. The van der Waals surface area contributed by atoms with Crippen LogP contribution in [0.2, 0.25) is 0 Å². The maximum atomic E-state index is 12.8. The fraction of sp³-hybridized carbons (Fsp3) is 0.176. The maximum absolute atomic E-state index is 12.8. The minimum absolute atomic E-state index is 0.00336. The molecular formula is C17H13F3N4O4S. The molecule has 0 aliphatic heterocycles. The number of carbonyl (C=O) groups is 1. The fourth-order valence-corrected chi connectivity index (χ4v) is 3.36. The summed E-state index contributed by atoms with van der Waals surface area (Å²) in [6.45, 7) is 0. The molecule has 0 aliphatic carbocycles. The highest BCUT2D eigenvalue weighted by Gasteiger charge is 2.38. The van der Waals surface area contributed by atoms with Gasteiger partial charge in [-0.1, -0.05) is 5.16 Å². The number of hydrogen-bond acceptors (Lipinski definition) is 7. The molecule has 0 saturated heterocycles.